The lowest BCUT2D eigenvalue weighted by atomic mass is 9.84. The van der Waals surface area contributed by atoms with Crippen LogP contribution in [0.2, 0.25) is 0 Å². The largest absolute Gasteiger partial charge is 0.470 e. The summed E-state index contributed by atoms with van der Waals surface area (Å²) in [5.74, 6) is 1.32. The first-order valence-electron chi connectivity index (χ1n) is 18.7. The van der Waals surface area contributed by atoms with Crippen molar-refractivity contribution in [2.24, 2.45) is 9.98 Å². The molecule has 2 heterocycles. The van der Waals surface area contributed by atoms with Crippen molar-refractivity contribution in [3.8, 4) is 0 Å². The second-order valence-electron chi connectivity index (χ2n) is 18.7. The normalized spacial score (nSPS) is 21.2. The summed E-state index contributed by atoms with van der Waals surface area (Å²) < 4.78 is 13.6. The minimum Gasteiger partial charge on any atom is -0.470 e. The van der Waals surface area contributed by atoms with Gasteiger partial charge < -0.3 is 9.47 Å². The van der Waals surface area contributed by atoms with Gasteiger partial charge in [-0.1, -0.05) is 180 Å². The average molecular weight is 683 g/mol. The van der Waals surface area contributed by atoms with Gasteiger partial charge in [-0.25, -0.2) is 9.98 Å². The molecule has 4 nitrogen and oxygen atoms in total. The minimum atomic E-state index is -0.238. The first kappa shape index (κ1) is 36.6. The Bertz CT molecular complexity index is 1730. The fourth-order valence-corrected chi connectivity index (χ4v) is 6.94. The molecule has 51 heavy (non-hydrogen) atoms. The minimum absolute atomic E-state index is 0.0735. The highest BCUT2D eigenvalue weighted by atomic mass is 16.5. The molecule has 0 aliphatic carbocycles. The molecule has 6 rings (SSSR count). The molecule has 0 bridgehead atoms. The van der Waals surface area contributed by atoms with Crippen LogP contribution in [-0.4, -0.2) is 11.8 Å². The van der Waals surface area contributed by atoms with Gasteiger partial charge in [0.2, 0.25) is 0 Å². The van der Waals surface area contributed by atoms with Crippen LogP contribution in [0, 0.1) is 0 Å². The average Bonchev–Trinajstić information content (AvgIpc) is 3.68. The molecule has 4 atom stereocenters. The zero-order chi connectivity index (χ0) is 36.9. The van der Waals surface area contributed by atoms with Crippen LogP contribution < -0.4 is 0 Å². The quantitative estimate of drug-likeness (QED) is 0.203. The van der Waals surface area contributed by atoms with Gasteiger partial charge in [0, 0.05) is 0 Å². The van der Waals surface area contributed by atoms with Crippen molar-refractivity contribution in [2.45, 2.75) is 135 Å². The van der Waals surface area contributed by atoms with E-state index in [1.807, 2.05) is 0 Å². The summed E-state index contributed by atoms with van der Waals surface area (Å²) in [5, 5.41) is 0. The Morgan fingerprint density at radius 2 is 0.608 bits per heavy atom. The topological polar surface area (TPSA) is 43.2 Å². The van der Waals surface area contributed by atoms with E-state index >= 15 is 0 Å². The summed E-state index contributed by atoms with van der Waals surface area (Å²) in [6, 6.07) is 35.2. The summed E-state index contributed by atoms with van der Waals surface area (Å²) in [6.45, 7) is 27.0. The molecule has 2 aliphatic rings. The zero-order valence-electron chi connectivity index (χ0n) is 33.0. The van der Waals surface area contributed by atoms with Gasteiger partial charge in [0.15, 0.2) is 24.0 Å². The van der Waals surface area contributed by atoms with Gasteiger partial charge in [-0.2, -0.15) is 0 Å². The molecule has 0 spiro atoms. The van der Waals surface area contributed by atoms with E-state index in [2.05, 4.69) is 180 Å². The van der Waals surface area contributed by atoms with Crippen LogP contribution in [-0.2, 0) is 31.1 Å². The number of nitrogens with zero attached hydrogens (tertiary/aromatic N) is 2. The van der Waals surface area contributed by atoms with E-state index in [0.29, 0.717) is 18.2 Å². The van der Waals surface area contributed by atoms with Crippen LogP contribution in [0.4, 0.5) is 0 Å². The highest BCUT2D eigenvalue weighted by Crippen LogP contribution is 2.45. The van der Waals surface area contributed by atoms with E-state index < -0.39 is 0 Å². The molecule has 0 aromatic heterocycles. The van der Waals surface area contributed by atoms with E-state index in [9.17, 15) is 0 Å². The lowest BCUT2D eigenvalue weighted by Gasteiger charge is -2.23. The van der Waals surface area contributed by atoms with Crippen LogP contribution in [0.25, 0.3) is 0 Å². The Morgan fingerprint density at radius 3 is 0.843 bits per heavy atom. The fourth-order valence-electron chi connectivity index (χ4n) is 6.94. The van der Waals surface area contributed by atoms with Crippen molar-refractivity contribution >= 4 is 11.8 Å². The highest BCUT2D eigenvalue weighted by molar-refractivity contribution is 5.98. The lowest BCUT2D eigenvalue weighted by Crippen LogP contribution is -2.15. The molecule has 4 aromatic carbocycles. The predicted octanol–water partition coefficient (Wildman–Crippen LogP) is 12.4. The molecule has 0 N–H and O–H groups in total. The number of aliphatic imine (C=N–C) groups is 2. The van der Waals surface area contributed by atoms with Crippen molar-refractivity contribution in [3.63, 3.8) is 0 Å². The number of hydrogen-bond donors (Lipinski definition) is 0. The van der Waals surface area contributed by atoms with Crippen molar-refractivity contribution in [1.82, 2.24) is 0 Å². The van der Waals surface area contributed by atoms with Crippen LogP contribution in [0.5, 0.6) is 0 Å². The van der Waals surface area contributed by atoms with Crippen LogP contribution >= 0.6 is 0 Å². The molecular formula is C47H58N2O2. The van der Waals surface area contributed by atoms with E-state index in [0.717, 1.165) is 22.3 Å². The molecule has 2 aliphatic heterocycles. The van der Waals surface area contributed by atoms with Crippen LogP contribution in [0.3, 0.4) is 0 Å². The fraction of sp³-hybridized carbons (Fsp3) is 0.447. The zero-order valence-corrected chi connectivity index (χ0v) is 33.0. The Kier molecular flexibility index (Phi) is 9.63. The monoisotopic (exact) mass is 682 g/mol. The Morgan fingerprint density at radius 1 is 0.373 bits per heavy atom. The van der Waals surface area contributed by atoms with Gasteiger partial charge in [0.05, 0.1) is 6.42 Å². The van der Waals surface area contributed by atoms with Gasteiger partial charge in [-0.15, -0.1) is 0 Å². The smallest absolute Gasteiger partial charge is 0.194 e. The Labute approximate surface area is 307 Å². The SMILES string of the molecule is CC(C)(C)c1ccc([C@H]2N=C(CC3=N[C@H](c4ccc(C(C)(C)C)cc4)[C@H](c4ccc(C(C)(C)C)cc4)O3)O[C@H]2c2ccc(C(C)(C)C)cc2)cc1. The van der Waals surface area contributed by atoms with Gasteiger partial charge in [0.1, 0.15) is 12.1 Å². The second-order valence-corrected chi connectivity index (χ2v) is 18.7. The number of ether oxygens (including phenoxy) is 2. The highest BCUT2D eigenvalue weighted by Gasteiger charge is 2.38. The van der Waals surface area contributed by atoms with Crippen LogP contribution in [0.1, 0.15) is 158 Å². The van der Waals surface area contributed by atoms with E-state index in [-0.39, 0.29) is 46.0 Å². The molecule has 4 heteroatoms. The van der Waals surface area contributed by atoms with E-state index in [1.165, 1.54) is 22.3 Å². The number of benzene rings is 4. The second kappa shape index (κ2) is 13.4. The third-order valence-corrected chi connectivity index (χ3v) is 10.4. The van der Waals surface area contributed by atoms with E-state index in [1.54, 1.807) is 0 Å². The molecule has 0 saturated heterocycles. The third-order valence-electron chi connectivity index (χ3n) is 10.4. The molecule has 0 unspecified atom stereocenters. The number of hydrogen-bond acceptors (Lipinski definition) is 4. The van der Waals surface area contributed by atoms with Crippen molar-refractivity contribution in [1.29, 1.82) is 0 Å². The molecular weight excluding hydrogens is 625 g/mol. The standard InChI is InChI=1S/C47H58N2O2/c1-44(2,3)34-21-13-30(14-22-34)40-42(32-17-25-36(26-18-32)46(7,8)9)50-38(48-40)29-39-49-41(31-15-23-35(24-16-31)45(4,5)6)43(51-39)33-19-27-37(28-20-33)47(10,11)12/h13-28,40-43H,29H2,1-12H3/t40-,41-,42+,43+/m1/s1. The van der Waals surface area contributed by atoms with Gasteiger partial charge in [-0.3, -0.25) is 0 Å². The molecule has 268 valence electrons. The van der Waals surface area contributed by atoms with Crippen LogP contribution in [0.15, 0.2) is 107 Å². The summed E-state index contributed by atoms with van der Waals surface area (Å²) in [4.78, 5) is 10.5. The van der Waals surface area contributed by atoms with Crippen molar-refractivity contribution in [2.75, 3.05) is 0 Å². The maximum Gasteiger partial charge on any atom is 0.194 e. The Balaban J connectivity index is 1.32. The summed E-state index contributed by atoms with van der Waals surface area (Å²) in [6.07, 6.45) is -0.0729. The predicted molar refractivity (Wildman–Crippen MR) is 213 cm³/mol. The molecule has 0 saturated carbocycles. The van der Waals surface area contributed by atoms with Gasteiger partial charge in [0.25, 0.3) is 0 Å². The van der Waals surface area contributed by atoms with Crippen molar-refractivity contribution < 1.29 is 9.47 Å². The first-order chi connectivity index (χ1) is 23.8. The lowest BCUT2D eigenvalue weighted by molar-refractivity contribution is 0.183. The first-order valence-corrected chi connectivity index (χ1v) is 18.7. The molecule has 0 radical (unpaired) electrons. The van der Waals surface area contributed by atoms with Gasteiger partial charge >= 0.3 is 0 Å². The number of rotatable bonds is 6. The maximum absolute atomic E-state index is 6.78. The third kappa shape index (κ3) is 8.16. The maximum atomic E-state index is 6.78. The van der Waals surface area contributed by atoms with Gasteiger partial charge in [-0.05, 0) is 66.2 Å². The van der Waals surface area contributed by atoms with Crippen molar-refractivity contribution in [3.05, 3.63) is 142 Å². The summed E-state index contributed by atoms with van der Waals surface area (Å²) >= 11 is 0. The Hall–Kier alpha value is -4.18. The molecule has 0 fully saturated rings. The molecule has 4 aromatic rings. The molecule has 0 amide bonds. The van der Waals surface area contributed by atoms with E-state index in [4.69, 9.17) is 19.5 Å². The summed E-state index contributed by atoms with van der Waals surface area (Å²) in [5.41, 5.74) is 10.0. The summed E-state index contributed by atoms with van der Waals surface area (Å²) in [7, 11) is 0.